The van der Waals surface area contributed by atoms with Gasteiger partial charge in [0, 0.05) is 18.8 Å². The summed E-state index contributed by atoms with van der Waals surface area (Å²) in [5.41, 5.74) is 1.54. The Labute approximate surface area is 287 Å². The van der Waals surface area contributed by atoms with Gasteiger partial charge >= 0.3 is 5.97 Å². The summed E-state index contributed by atoms with van der Waals surface area (Å²) in [5, 5.41) is 3.33. The number of rotatable bonds is 37. The first kappa shape index (κ1) is 43.3. The van der Waals surface area contributed by atoms with Crippen molar-refractivity contribution in [1.29, 1.82) is 0 Å². The largest absolute Gasteiger partial charge is 0.460 e. The van der Waals surface area contributed by atoms with Crippen LogP contribution >= 0.6 is 0 Å². The molecule has 47 heavy (non-hydrogen) atoms. The van der Waals surface area contributed by atoms with E-state index in [0.29, 0.717) is 78.2 Å². The number of benzene rings is 1. The zero-order valence-electron chi connectivity index (χ0n) is 30.1. The van der Waals surface area contributed by atoms with Gasteiger partial charge in [-0.05, 0) is 37.1 Å². The fourth-order valence-corrected chi connectivity index (χ4v) is 4.83. The number of esters is 1. The second-order valence-electron chi connectivity index (χ2n) is 11.9. The number of hydrogen-bond acceptors (Lipinski definition) is 9. The molecule has 1 aromatic carbocycles. The Morgan fingerprint density at radius 1 is 0.447 bits per heavy atom. The summed E-state index contributed by atoms with van der Waals surface area (Å²) in [7, 11) is 0. The second-order valence-corrected chi connectivity index (χ2v) is 11.9. The zero-order valence-corrected chi connectivity index (χ0v) is 30.1. The van der Waals surface area contributed by atoms with Crippen LogP contribution in [0, 0.1) is 0 Å². The molecule has 1 aromatic rings. The van der Waals surface area contributed by atoms with Crippen LogP contribution in [0.4, 0.5) is 5.69 Å². The van der Waals surface area contributed by atoms with E-state index in [1.54, 1.807) is 12.1 Å². The van der Waals surface area contributed by atoms with E-state index in [1.165, 1.54) is 77.0 Å². The van der Waals surface area contributed by atoms with Crippen LogP contribution in [-0.4, -0.2) is 98.4 Å². The minimum Gasteiger partial charge on any atom is -0.460 e. The van der Waals surface area contributed by atoms with Gasteiger partial charge in [0.05, 0.1) is 78.2 Å². The molecule has 9 nitrogen and oxygen atoms in total. The number of carbonyl (C=O) groups is 1. The van der Waals surface area contributed by atoms with E-state index in [4.69, 9.17) is 33.2 Å². The Balaban J connectivity index is 1.70. The Morgan fingerprint density at radius 2 is 0.809 bits per heavy atom. The lowest BCUT2D eigenvalue weighted by atomic mass is 10.0. The van der Waals surface area contributed by atoms with Crippen LogP contribution in [-0.2, 0) is 33.2 Å². The van der Waals surface area contributed by atoms with Crippen molar-refractivity contribution in [1.82, 2.24) is 0 Å². The van der Waals surface area contributed by atoms with E-state index in [1.807, 2.05) is 12.1 Å². The molecule has 0 saturated carbocycles. The van der Waals surface area contributed by atoms with E-state index < -0.39 is 0 Å². The first-order chi connectivity index (χ1) is 23.3. The quantitative estimate of drug-likeness (QED) is 0.0556. The number of nitrogens with one attached hydrogen (secondary N) is 1. The standard InChI is InChI=1S/C38H69NO8/c1-3-5-7-8-9-10-11-12-13-14-15-16-17-23-41-24-25-42-26-27-43-28-29-44-30-31-45-32-33-46-34-35-47-38(40)36-18-20-37(21-19-36)39-22-6-4-2/h18-21,39H,3-17,22-35H2,1-2H3. The topological polar surface area (TPSA) is 93.7 Å². The fraction of sp³-hybridized carbons (Fsp3) is 0.816. The van der Waals surface area contributed by atoms with E-state index >= 15 is 0 Å². The number of ether oxygens (including phenoxy) is 7. The molecule has 0 aliphatic rings. The van der Waals surface area contributed by atoms with Crippen molar-refractivity contribution in [2.24, 2.45) is 0 Å². The predicted octanol–water partition coefficient (Wildman–Crippen LogP) is 8.25. The Morgan fingerprint density at radius 3 is 1.23 bits per heavy atom. The second kappa shape index (κ2) is 35.6. The van der Waals surface area contributed by atoms with Gasteiger partial charge in [-0.2, -0.15) is 0 Å². The lowest BCUT2D eigenvalue weighted by Gasteiger charge is -2.09. The van der Waals surface area contributed by atoms with E-state index in [0.717, 1.165) is 38.1 Å². The lowest BCUT2D eigenvalue weighted by Crippen LogP contribution is -2.15. The molecule has 0 atom stereocenters. The van der Waals surface area contributed by atoms with Gasteiger partial charge in [0.25, 0.3) is 0 Å². The highest BCUT2D eigenvalue weighted by atomic mass is 16.6. The highest BCUT2D eigenvalue weighted by Crippen LogP contribution is 2.13. The van der Waals surface area contributed by atoms with Crippen molar-refractivity contribution in [3.63, 3.8) is 0 Å². The number of hydrogen-bond donors (Lipinski definition) is 1. The van der Waals surface area contributed by atoms with Crippen LogP contribution in [0.3, 0.4) is 0 Å². The average molecular weight is 668 g/mol. The van der Waals surface area contributed by atoms with Gasteiger partial charge in [0.2, 0.25) is 0 Å². The normalized spacial score (nSPS) is 11.3. The van der Waals surface area contributed by atoms with Crippen molar-refractivity contribution in [2.45, 2.75) is 110 Å². The monoisotopic (exact) mass is 668 g/mol. The molecule has 0 aliphatic heterocycles. The van der Waals surface area contributed by atoms with Crippen molar-refractivity contribution < 1.29 is 38.0 Å². The molecule has 0 bridgehead atoms. The third-order valence-electron chi connectivity index (χ3n) is 7.69. The molecule has 9 heteroatoms. The fourth-order valence-electron chi connectivity index (χ4n) is 4.83. The molecule has 0 saturated heterocycles. The summed E-state index contributed by atoms with van der Waals surface area (Å²) in [6.45, 7) is 12.0. The summed E-state index contributed by atoms with van der Waals surface area (Å²) in [6.07, 6.45) is 20.0. The maximum atomic E-state index is 12.1. The summed E-state index contributed by atoms with van der Waals surface area (Å²) in [5.74, 6) is -0.348. The molecule has 274 valence electrons. The van der Waals surface area contributed by atoms with E-state index in [-0.39, 0.29) is 12.6 Å². The Kier molecular flexibility index (Phi) is 32.7. The molecule has 0 heterocycles. The first-order valence-corrected chi connectivity index (χ1v) is 18.8. The van der Waals surface area contributed by atoms with Crippen molar-refractivity contribution in [3.05, 3.63) is 29.8 Å². The van der Waals surface area contributed by atoms with Gasteiger partial charge in [0.1, 0.15) is 6.61 Å². The molecule has 1 rings (SSSR count). The van der Waals surface area contributed by atoms with Crippen molar-refractivity contribution in [2.75, 3.05) is 97.8 Å². The first-order valence-electron chi connectivity index (χ1n) is 18.8. The van der Waals surface area contributed by atoms with E-state index in [9.17, 15) is 4.79 Å². The zero-order chi connectivity index (χ0) is 33.7. The maximum Gasteiger partial charge on any atom is 0.338 e. The Hall–Kier alpha value is -1.75. The van der Waals surface area contributed by atoms with Gasteiger partial charge in [-0.3, -0.25) is 0 Å². The van der Waals surface area contributed by atoms with Crippen LogP contribution < -0.4 is 5.32 Å². The summed E-state index contributed by atoms with van der Waals surface area (Å²) >= 11 is 0. The minimum absolute atomic E-state index is 0.205. The number of anilines is 1. The summed E-state index contributed by atoms with van der Waals surface area (Å²) in [6, 6.07) is 7.33. The number of unbranched alkanes of at least 4 members (excludes halogenated alkanes) is 13. The van der Waals surface area contributed by atoms with Gasteiger partial charge in [-0.25, -0.2) is 4.79 Å². The minimum atomic E-state index is -0.348. The average Bonchev–Trinajstić information content (AvgIpc) is 3.09. The van der Waals surface area contributed by atoms with Gasteiger partial charge in [-0.15, -0.1) is 0 Å². The molecule has 0 radical (unpaired) electrons. The molecule has 0 aromatic heterocycles. The van der Waals surface area contributed by atoms with Crippen LogP contribution in [0.5, 0.6) is 0 Å². The molecule has 0 aliphatic carbocycles. The van der Waals surface area contributed by atoms with Crippen LogP contribution in [0.2, 0.25) is 0 Å². The van der Waals surface area contributed by atoms with Gasteiger partial charge < -0.3 is 38.5 Å². The van der Waals surface area contributed by atoms with Gasteiger partial charge in [-0.1, -0.05) is 97.3 Å². The summed E-state index contributed by atoms with van der Waals surface area (Å²) in [4.78, 5) is 12.1. The van der Waals surface area contributed by atoms with Crippen LogP contribution in [0.1, 0.15) is 121 Å². The molecule has 0 amide bonds. The highest BCUT2D eigenvalue weighted by molar-refractivity contribution is 5.89. The van der Waals surface area contributed by atoms with Crippen molar-refractivity contribution >= 4 is 11.7 Å². The molecule has 0 fully saturated rings. The third-order valence-corrected chi connectivity index (χ3v) is 7.69. The number of carbonyl (C=O) groups excluding carboxylic acids is 1. The smallest absolute Gasteiger partial charge is 0.338 e. The molecule has 0 unspecified atom stereocenters. The highest BCUT2D eigenvalue weighted by Gasteiger charge is 2.06. The third kappa shape index (κ3) is 30.1. The SMILES string of the molecule is CCCCCCCCCCCCCCCOCCOCCOCCOCCOCCOCCOC(=O)c1ccc(NCCCC)cc1. The van der Waals surface area contributed by atoms with Crippen LogP contribution in [0.25, 0.3) is 0 Å². The molecule has 0 spiro atoms. The predicted molar refractivity (Wildman–Crippen MR) is 191 cm³/mol. The maximum absolute atomic E-state index is 12.1. The van der Waals surface area contributed by atoms with E-state index in [2.05, 4.69) is 19.2 Å². The summed E-state index contributed by atoms with van der Waals surface area (Å²) < 4.78 is 38.5. The van der Waals surface area contributed by atoms with Crippen LogP contribution in [0.15, 0.2) is 24.3 Å². The lowest BCUT2D eigenvalue weighted by molar-refractivity contribution is -0.0194. The Bertz CT molecular complexity index is 779. The van der Waals surface area contributed by atoms with Gasteiger partial charge in [0.15, 0.2) is 0 Å². The van der Waals surface area contributed by atoms with Crippen molar-refractivity contribution in [3.8, 4) is 0 Å². The molecular formula is C38H69NO8. The molecular weight excluding hydrogens is 598 g/mol. The molecule has 1 N–H and O–H groups in total.